The van der Waals surface area contributed by atoms with Crippen LogP contribution in [0.2, 0.25) is 0 Å². The molecule has 146 valence electrons. The van der Waals surface area contributed by atoms with Crippen molar-refractivity contribution in [3.05, 3.63) is 54.1 Å². The minimum atomic E-state index is 0.496. The smallest absolute Gasteiger partial charge is 0.191 e. The number of aliphatic imine (C=N–C) groups is 1. The minimum absolute atomic E-state index is 0.496. The van der Waals surface area contributed by atoms with Crippen LogP contribution in [0.25, 0.3) is 0 Å². The van der Waals surface area contributed by atoms with Crippen LogP contribution in [0.4, 0.5) is 0 Å². The van der Waals surface area contributed by atoms with Crippen molar-refractivity contribution in [1.29, 1.82) is 0 Å². The Morgan fingerprint density at radius 3 is 2.48 bits per heavy atom. The van der Waals surface area contributed by atoms with Crippen LogP contribution in [0.15, 0.2) is 53.5 Å². The number of ether oxygens (including phenoxy) is 3. The first-order valence-electron chi connectivity index (χ1n) is 9.18. The normalized spacial score (nSPS) is 11.0. The van der Waals surface area contributed by atoms with E-state index >= 15 is 0 Å². The number of benzene rings is 2. The summed E-state index contributed by atoms with van der Waals surface area (Å²) in [5.41, 5.74) is 0.974. The van der Waals surface area contributed by atoms with E-state index in [1.807, 2.05) is 55.5 Å². The van der Waals surface area contributed by atoms with Crippen molar-refractivity contribution in [1.82, 2.24) is 10.6 Å². The lowest BCUT2D eigenvalue weighted by molar-refractivity contribution is 0.311. The number of methoxy groups -OCH3 is 2. The molecule has 0 unspecified atom stereocenters. The average Bonchev–Trinajstić information content (AvgIpc) is 2.72. The molecule has 6 heteroatoms. The molecule has 0 saturated carbocycles. The number of rotatable bonds is 10. The zero-order chi connectivity index (χ0) is 19.3. The van der Waals surface area contributed by atoms with Gasteiger partial charge in [-0.3, -0.25) is 0 Å². The predicted octanol–water partition coefficient (Wildman–Crippen LogP) is 3.23. The van der Waals surface area contributed by atoms with Crippen LogP contribution in [-0.2, 0) is 6.54 Å². The van der Waals surface area contributed by atoms with Gasteiger partial charge in [-0.2, -0.15) is 0 Å². The van der Waals surface area contributed by atoms with Crippen molar-refractivity contribution >= 4 is 5.96 Å². The van der Waals surface area contributed by atoms with Gasteiger partial charge in [-0.1, -0.05) is 30.3 Å². The van der Waals surface area contributed by atoms with Gasteiger partial charge in [-0.05, 0) is 31.5 Å². The van der Waals surface area contributed by atoms with E-state index in [0.29, 0.717) is 18.9 Å². The summed E-state index contributed by atoms with van der Waals surface area (Å²) in [5.74, 6) is 3.09. The second kappa shape index (κ2) is 11.7. The van der Waals surface area contributed by atoms with E-state index in [9.17, 15) is 0 Å². The Balaban J connectivity index is 1.85. The maximum absolute atomic E-state index is 5.70. The molecule has 0 bridgehead atoms. The van der Waals surface area contributed by atoms with Gasteiger partial charge in [0, 0.05) is 18.7 Å². The Labute approximate surface area is 161 Å². The Morgan fingerprint density at radius 2 is 1.78 bits per heavy atom. The fraction of sp³-hybridized carbons (Fsp3) is 0.381. The van der Waals surface area contributed by atoms with Gasteiger partial charge in [0.05, 0.1) is 27.4 Å². The van der Waals surface area contributed by atoms with E-state index in [0.717, 1.165) is 42.5 Å². The summed E-state index contributed by atoms with van der Waals surface area (Å²) >= 11 is 0. The molecular formula is C21H29N3O3. The average molecular weight is 371 g/mol. The highest BCUT2D eigenvalue weighted by Crippen LogP contribution is 2.30. The molecule has 0 heterocycles. The number of hydrogen-bond donors (Lipinski definition) is 2. The zero-order valence-corrected chi connectivity index (χ0v) is 16.3. The molecular weight excluding hydrogens is 342 g/mol. The van der Waals surface area contributed by atoms with Gasteiger partial charge < -0.3 is 24.8 Å². The third kappa shape index (κ3) is 6.73. The van der Waals surface area contributed by atoms with Gasteiger partial charge in [0.15, 0.2) is 17.5 Å². The molecule has 27 heavy (non-hydrogen) atoms. The largest absolute Gasteiger partial charge is 0.494 e. The molecule has 0 radical (unpaired) electrons. The van der Waals surface area contributed by atoms with E-state index in [2.05, 4.69) is 15.6 Å². The highest BCUT2D eigenvalue weighted by Gasteiger charge is 2.09. The van der Waals surface area contributed by atoms with E-state index in [1.165, 1.54) is 0 Å². The summed E-state index contributed by atoms with van der Waals surface area (Å²) in [6.07, 6.45) is 0.877. The van der Waals surface area contributed by atoms with Crippen LogP contribution >= 0.6 is 0 Å². The highest BCUT2D eigenvalue weighted by atomic mass is 16.5. The second-order valence-electron chi connectivity index (χ2n) is 5.79. The number of hydrogen-bond acceptors (Lipinski definition) is 4. The third-order valence-corrected chi connectivity index (χ3v) is 3.86. The minimum Gasteiger partial charge on any atom is -0.494 e. The van der Waals surface area contributed by atoms with Crippen molar-refractivity contribution in [3.8, 4) is 17.2 Å². The molecule has 0 aliphatic carbocycles. The van der Waals surface area contributed by atoms with Crippen molar-refractivity contribution < 1.29 is 14.2 Å². The summed E-state index contributed by atoms with van der Waals surface area (Å²) in [4.78, 5) is 4.64. The standard InChI is InChI=1S/C21H29N3O3/c1-4-22-21(23-14-9-15-27-18-11-6-5-7-12-18)24-16-17-10-8-13-19(25-2)20(17)26-3/h5-8,10-13H,4,9,14-16H2,1-3H3,(H2,22,23,24). The molecule has 2 rings (SSSR count). The molecule has 0 aliphatic heterocycles. The maximum Gasteiger partial charge on any atom is 0.191 e. The quantitative estimate of drug-likeness (QED) is 0.381. The Morgan fingerprint density at radius 1 is 0.963 bits per heavy atom. The van der Waals surface area contributed by atoms with E-state index in [-0.39, 0.29) is 0 Å². The summed E-state index contributed by atoms with van der Waals surface area (Å²) < 4.78 is 16.5. The monoisotopic (exact) mass is 371 g/mol. The molecule has 0 saturated heterocycles. The summed E-state index contributed by atoms with van der Waals surface area (Å²) in [7, 11) is 3.27. The van der Waals surface area contributed by atoms with Crippen LogP contribution in [0.5, 0.6) is 17.2 Å². The summed E-state index contributed by atoms with van der Waals surface area (Å²) in [6, 6.07) is 15.6. The van der Waals surface area contributed by atoms with Crippen molar-refractivity contribution in [2.75, 3.05) is 33.9 Å². The SMILES string of the molecule is CCNC(=NCc1cccc(OC)c1OC)NCCCOc1ccccc1. The number of nitrogens with one attached hydrogen (secondary N) is 2. The summed E-state index contributed by atoms with van der Waals surface area (Å²) in [6.45, 7) is 4.76. The van der Waals surface area contributed by atoms with Crippen molar-refractivity contribution in [2.45, 2.75) is 19.9 Å². The van der Waals surface area contributed by atoms with Crippen LogP contribution in [0.1, 0.15) is 18.9 Å². The van der Waals surface area contributed by atoms with Crippen LogP contribution in [0, 0.1) is 0 Å². The topological polar surface area (TPSA) is 64.1 Å². The number of para-hydroxylation sites is 2. The van der Waals surface area contributed by atoms with Gasteiger partial charge in [0.25, 0.3) is 0 Å². The zero-order valence-electron chi connectivity index (χ0n) is 16.3. The Hall–Kier alpha value is -2.89. The molecule has 0 spiro atoms. The van der Waals surface area contributed by atoms with E-state index in [1.54, 1.807) is 14.2 Å². The molecule has 2 N–H and O–H groups in total. The van der Waals surface area contributed by atoms with Crippen LogP contribution in [-0.4, -0.2) is 39.9 Å². The van der Waals surface area contributed by atoms with Gasteiger partial charge in [-0.15, -0.1) is 0 Å². The van der Waals surface area contributed by atoms with Crippen LogP contribution < -0.4 is 24.8 Å². The molecule has 0 aliphatic rings. The third-order valence-electron chi connectivity index (χ3n) is 3.86. The molecule has 0 atom stereocenters. The molecule has 0 fully saturated rings. The Kier molecular flexibility index (Phi) is 8.83. The fourth-order valence-electron chi connectivity index (χ4n) is 2.57. The lowest BCUT2D eigenvalue weighted by Crippen LogP contribution is -2.38. The van der Waals surface area contributed by atoms with Crippen LogP contribution in [0.3, 0.4) is 0 Å². The van der Waals surface area contributed by atoms with E-state index in [4.69, 9.17) is 14.2 Å². The number of nitrogens with zero attached hydrogens (tertiary/aromatic N) is 1. The molecule has 0 aromatic heterocycles. The number of guanidine groups is 1. The maximum atomic E-state index is 5.70. The van der Waals surface area contributed by atoms with Gasteiger partial charge in [0.2, 0.25) is 0 Å². The highest BCUT2D eigenvalue weighted by molar-refractivity contribution is 5.79. The fourth-order valence-corrected chi connectivity index (χ4v) is 2.57. The first-order valence-corrected chi connectivity index (χ1v) is 9.18. The van der Waals surface area contributed by atoms with Crippen molar-refractivity contribution in [3.63, 3.8) is 0 Å². The summed E-state index contributed by atoms with van der Waals surface area (Å²) in [5, 5.41) is 6.58. The lowest BCUT2D eigenvalue weighted by Gasteiger charge is -2.14. The predicted molar refractivity (Wildman–Crippen MR) is 109 cm³/mol. The van der Waals surface area contributed by atoms with Gasteiger partial charge in [-0.25, -0.2) is 4.99 Å². The first kappa shape index (κ1) is 20.4. The lowest BCUT2D eigenvalue weighted by atomic mass is 10.2. The molecule has 0 amide bonds. The van der Waals surface area contributed by atoms with E-state index < -0.39 is 0 Å². The van der Waals surface area contributed by atoms with Gasteiger partial charge in [0.1, 0.15) is 5.75 Å². The molecule has 2 aromatic rings. The first-order chi connectivity index (χ1) is 13.3. The Bertz CT molecular complexity index is 705. The van der Waals surface area contributed by atoms with Crippen molar-refractivity contribution in [2.24, 2.45) is 4.99 Å². The molecule has 6 nitrogen and oxygen atoms in total. The van der Waals surface area contributed by atoms with Gasteiger partial charge >= 0.3 is 0 Å². The molecule has 2 aromatic carbocycles. The second-order valence-corrected chi connectivity index (χ2v) is 5.79.